The van der Waals surface area contributed by atoms with Crippen molar-refractivity contribution in [2.45, 2.75) is 13.0 Å². The molecule has 1 aromatic heterocycles. The molecule has 0 atom stereocenters. The number of hydrogen-bond acceptors (Lipinski definition) is 5. The Morgan fingerprint density at radius 2 is 1.39 bits per heavy atom. The van der Waals surface area contributed by atoms with E-state index in [9.17, 15) is 4.79 Å². The molecular weight excluding hydrogens is 524 g/mol. The summed E-state index contributed by atoms with van der Waals surface area (Å²) in [6, 6.07) is 37.8. The highest BCUT2D eigenvalue weighted by Crippen LogP contribution is 2.30. The molecule has 0 spiro atoms. The maximum absolute atomic E-state index is 12.9. The number of amides is 1. The summed E-state index contributed by atoms with van der Waals surface area (Å²) in [5.41, 5.74) is 7.75. The lowest BCUT2D eigenvalue weighted by atomic mass is 10.0. The predicted octanol–water partition coefficient (Wildman–Crippen LogP) is 6.77. The van der Waals surface area contributed by atoms with Gasteiger partial charge in [0.25, 0.3) is 5.91 Å². The van der Waals surface area contributed by atoms with Gasteiger partial charge in [-0.05, 0) is 40.8 Å². The highest BCUT2D eigenvalue weighted by Gasteiger charge is 2.18. The molecule has 2 heterocycles. The molecule has 0 saturated carbocycles. The highest BCUT2D eigenvalue weighted by atomic mass is 32.1. The molecule has 1 saturated heterocycles. The molecule has 5 aromatic rings. The molecule has 1 N–H and O–H groups in total. The predicted molar refractivity (Wildman–Crippen MR) is 169 cm³/mol. The fourth-order valence-corrected chi connectivity index (χ4v) is 6.04. The lowest BCUT2D eigenvalue weighted by Crippen LogP contribution is -2.46. The van der Waals surface area contributed by atoms with Gasteiger partial charge in [-0.3, -0.25) is 4.79 Å². The molecule has 1 aliphatic heterocycles. The molecule has 41 heavy (non-hydrogen) atoms. The Bertz CT molecular complexity index is 1540. The molecule has 5 nitrogen and oxygen atoms in total. The molecule has 0 radical (unpaired) electrons. The van der Waals surface area contributed by atoms with Gasteiger partial charge in [-0.1, -0.05) is 97.1 Å². The smallest absolute Gasteiger partial charge is 0.253 e. The molecule has 1 amide bonds. The Morgan fingerprint density at radius 1 is 0.756 bits per heavy atom. The molecule has 1 aliphatic rings. The van der Waals surface area contributed by atoms with Crippen molar-refractivity contribution in [3.8, 4) is 22.4 Å². The van der Waals surface area contributed by atoms with Crippen LogP contribution in [0.4, 0.5) is 5.13 Å². The second-order valence-electron chi connectivity index (χ2n) is 10.4. The van der Waals surface area contributed by atoms with Gasteiger partial charge in [-0.2, -0.15) is 0 Å². The van der Waals surface area contributed by atoms with E-state index >= 15 is 0 Å². The molecule has 1 fully saturated rings. The maximum atomic E-state index is 12.9. The minimum atomic E-state index is 0.113. The summed E-state index contributed by atoms with van der Waals surface area (Å²) in [6.07, 6.45) is 0.932. The fraction of sp³-hybridized carbons (Fsp3) is 0.200. The van der Waals surface area contributed by atoms with Crippen molar-refractivity contribution in [1.82, 2.24) is 15.2 Å². The molecule has 0 unspecified atom stereocenters. The van der Waals surface area contributed by atoms with Crippen molar-refractivity contribution in [3.63, 3.8) is 0 Å². The fourth-order valence-electron chi connectivity index (χ4n) is 5.18. The zero-order valence-corrected chi connectivity index (χ0v) is 23.9. The number of rotatable bonds is 9. The number of carbonyl (C=O) groups excluding carboxylic acids is 1. The Morgan fingerprint density at radius 3 is 2.10 bits per heavy atom. The lowest BCUT2D eigenvalue weighted by Gasteiger charge is -2.27. The normalized spacial score (nSPS) is 13.2. The van der Waals surface area contributed by atoms with E-state index in [1.165, 1.54) is 22.3 Å². The zero-order chi connectivity index (χ0) is 27.9. The Balaban J connectivity index is 1.19. The van der Waals surface area contributed by atoms with Gasteiger partial charge >= 0.3 is 0 Å². The van der Waals surface area contributed by atoms with Gasteiger partial charge in [0, 0.05) is 55.8 Å². The molecule has 0 bridgehead atoms. The molecule has 6 rings (SSSR count). The first-order valence-corrected chi connectivity index (χ1v) is 15.1. The van der Waals surface area contributed by atoms with Crippen molar-refractivity contribution >= 4 is 22.4 Å². The van der Waals surface area contributed by atoms with E-state index in [2.05, 4.69) is 107 Å². The van der Waals surface area contributed by atoms with E-state index in [1.54, 1.807) is 11.3 Å². The number of piperazine rings is 1. The van der Waals surface area contributed by atoms with Crippen LogP contribution in [0.1, 0.15) is 21.5 Å². The van der Waals surface area contributed by atoms with Crippen LogP contribution in [0.25, 0.3) is 22.4 Å². The second-order valence-corrected chi connectivity index (χ2v) is 11.2. The van der Waals surface area contributed by atoms with Gasteiger partial charge in [0.2, 0.25) is 0 Å². The van der Waals surface area contributed by atoms with Gasteiger partial charge < -0.3 is 15.1 Å². The number of benzene rings is 4. The van der Waals surface area contributed by atoms with E-state index in [-0.39, 0.29) is 5.91 Å². The van der Waals surface area contributed by atoms with Crippen LogP contribution >= 0.6 is 11.3 Å². The van der Waals surface area contributed by atoms with Crippen LogP contribution in [0.3, 0.4) is 0 Å². The summed E-state index contributed by atoms with van der Waals surface area (Å²) in [6.45, 7) is 4.81. The topological polar surface area (TPSA) is 48.5 Å². The Kier molecular flexibility index (Phi) is 8.50. The van der Waals surface area contributed by atoms with Crippen molar-refractivity contribution in [1.29, 1.82) is 0 Å². The molecule has 206 valence electrons. The van der Waals surface area contributed by atoms with Crippen LogP contribution in [0, 0.1) is 0 Å². The summed E-state index contributed by atoms with van der Waals surface area (Å²) in [5.74, 6) is 0.113. The standard InChI is InChI=1S/C35H34N4OS/c40-34(38-23-20-36-21-24-38)32-13-11-28(12-14-32)25-39(22-19-27-7-3-1-4-8-27)35-37-33(26-41-35)31-17-15-30(16-18-31)29-9-5-2-6-10-29/h1-18,26,36H,19-25H2. The number of carbonyl (C=O) groups is 1. The van der Waals surface area contributed by atoms with Crippen molar-refractivity contribution in [2.75, 3.05) is 37.6 Å². The minimum Gasteiger partial charge on any atom is -0.343 e. The van der Waals surface area contributed by atoms with E-state index < -0.39 is 0 Å². The lowest BCUT2D eigenvalue weighted by molar-refractivity contribution is 0.0736. The van der Waals surface area contributed by atoms with Crippen LogP contribution in [-0.2, 0) is 13.0 Å². The number of hydrogen-bond donors (Lipinski definition) is 1. The quantitative estimate of drug-likeness (QED) is 0.217. The highest BCUT2D eigenvalue weighted by molar-refractivity contribution is 7.14. The van der Waals surface area contributed by atoms with Crippen LogP contribution in [-0.4, -0.2) is 48.5 Å². The Labute approximate surface area is 246 Å². The Hall–Kier alpha value is -4.26. The molecule has 0 aliphatic carbocycles. The molecule has 6 heteroatoms. The summed E-state index contributed by atoms with van der Waals surface area (Å²) in [7, 11) is 0. The van der Waals surface area contributed by atoms with Gasteiger partial charge in [0.15, 0.2) is 5.13 Å². The van der Waals surface area contributed by atoms with Crippen molar-refractivity contribution in [2.24, 2.45) is 0 Å². The van der Waals surface area contributed by atoms with E-state index in [4.69, 9.17) is 4.98 Å². The largest absolute Gasteiger partial charge is 0.343 e. The monoisotopic (exact) mass is 558 g/mol. The van der Waals surface area contributed by atoms with Gasteiger partial charge in [-0.25, -0.2) is 4.98 Å². The average molecular weight is 559 g/mol. The third kappa shape index (κ3) is 6.73. The van der Waals surface area contributed by atoms with Gasteiger partial charge in [0.1, 0.15) is 0 Å². The third-order valence-corrected chi connectivity index (χ3v) is 8.44. The molecular formula is C35H34N4OS. The second kappa shape index (κ2) is 12.9. The minimum absolute atomic E-state index is 0.113. The SMILES string of the molecule is O=C(c1ccc(CN(CCc2ccccc2)c2nc(-c3ccc(-c4ccccc4)cc3)cs2)cc1)N1CCNCC1. The number of nitrogens with zero attached hydrogens (tertiary/aromatic N) is 3. The first-order chi connectivity index (χ1) is 20.2. The average Bonchev–Trinajstić information content (AvgIpc) is 3.55. The first kappa shape index (κ1) is 26.9. The first-order valence-electron chi connectivity index (χ1n) is 14.2. The van der Waals surface area contributed by atoms with Crippen LogP contribution in [0.15, 0.2) is 115 Å². The summed E-state index contributed by atoms with van der Waals surface area (Å²) >= 11 is 1.68. The summed E-state index contributed by atoms with van der Waals surface area (Å²) in [5, 5.41) is 6.46. The van der Waals surface area contributed by atoms with Crippen molar-refractivity contribution < 1.29 is 4.79 Å². The number of nitrogens with one attached hydrogen (secondary N) is 1. The van der Waals surface area contributed by atoms with Gasteiger partial charge in [0.05, 0.1) is 5.69 Å². The van der Waals surface area contributed by atoms with Crippen LogP contribution in [0.5, 0.6) is 0 Å². The zero-order valence-electron chi connectivity index (χ0n) is 23.1. The maximum Gasteiger partial charge on any atom is 0.253 e. The van der Waals surface area contributed by atoms with Crippen molar-refractivity contribution in [3.05, 3.63) is 131 Å². The summed E-state index contributed by atoms with van der Waals surface area (Å²) < 4.78 is 0. The molecule has 4 aromatic carbocycles. The van der Waals surface area contributed by atoms with E-state index in [1.807, 2.05) is 23.1 Å². The van der Waals surface area contributed by atoms with Crippen LogP contribution in [0.2, 0.25) is 0 Å². The number of aromatic nitrogens is 1. The summed E-state index contributed by atoms with van der Waals surface area (Å²) in [4.78, 5) is 22.3. The number of thiazole rings is 1. The van der Waals surface area contributed by atoms with E-state index in [0.29, 0.717) is 0 Å². The van der Waals surface area contributed by atoms with Crippen LogP contribution < -0.4 is 10.2 Å². The third-order valence-electron chi connectivity index (χ3n) is 7.54. The van der Waals surface area contributed by atoms with Gasteiger partial charge in [-0.15, -0.1) is 11.3 Å². The van der Waals surface area contributed by atoms with E-state index in [0.717, 1.165) is 67.6 Å². The number of anilines is 1.